The van der Waals surface area contributed by atoms with Gasteiger partial charge in [0.1, 0.15) is 6.07 Å². The summed E-state index contributed by atoms with van der Waals surface area (Å²) in [5.74, 6) is 0. The number of hydrogen-bond donors (Lipinski definition) is 0. The monoisotopic (exact) mass is 336 g/mol. The molecule has 0 aliphatic carbocycles. The van der Waals surface area contributed by atoms with Crippen molar-refractivity contribution in [2.45, 2.75) is 0 Å². The second kappa shape index (κ2) is 7.07. The van der Waals surface area contributed by atoms with Gasteiger partial charge in [-0.05, 0) is 48.2 Å². The Bertz CT molecular complexity index is 487. The fourth-order valence-corrected chi connectivity index (χ4v) is 2.82. The Morgan fingerprint density at radius 2 is 1.95 bits per heavy atom. The minimum atomic E-state index is 0.693. The van der Waals surface area contributed by atoms with E-state index in [-0.39, 0.29) is 0 Å². The van der Waals surface area contributed by atoms with Gasteiger partial charge in [-0.15, -0.1) is 0 Å². The van der Waals surface area contributed by atoms with Crippen LogP contribution in [0.3, 0.4) is 0 Å². The third kappa shape index (κ3) is 3.95. The van der Waals surface area contributed by atoms with Gasteiger partial charge in [-0.25, -0.2) is 0 Å². The zero-order valence-electron chi connectivity index (χ0n) is 12.1. The molecule has 1 saturated heterocycles. The molecule has 0 saturated carbocycles. The summed E-state index contributed by atoms with van der Waals surface area (Å²) in [4.78, 5) is 7.12. The highest BCUT2D eigenvalue weighted by atomic mass is 79.9. The van der Waals surface area contributed by atoms with Crippen molar-refractivity contribution in [1.82, 2.24) is 9.80 Å². The van der Waals surface area contributed by atoms with Gasteiger partial charge in [-0.1, -0.05) is 0 Å². The SMILES string of the molecule is CN(C)CCN1CCN(c2ccc(C#N)c(Br)c2)CC1. The summed E-state index contributed by atoms with van der Waals surface area (Å²) in [5, 5.41) is 8.95. The average molecular weight is 337 g/mol. The number of halogens is 1. The Morgan fingerprint density at radius 1 is 1.25 bits per heavy atom. The topological polar surface area (TPSA) is 33.5 Å². The lowest BCUT2D eigenvalue weighted by Gasteiger charge is -2.36. The van der Waals surface area contributed by atoms with Crippen molar-refractivity contribution < 1.29 is 0 Å². The first kappa shape index (κ1) is 15.3. The molecule has 1 heterocycles. The Hall–Kier alpha value is -1.09. The van der Waals surface area contributed by atoms with Crippen LogP contribution in [0.1, 0.15) is 5.56 Å². The number of rotatable bonds is 4. The average Bonchev–Trinajstić information content (AvgIpc) is 2.45. The van der Waals surface area contributed by atoms with Crippen LogP contribution in [0.5, 0.6) is 0 Å². The third-order valence-electron chi connectivity index (χ3n) is 3.67. The number of nitriles is 1. The predicted octanol–water partition coefficient (Wildman–Crippen LogP) is 2.00. The van der Waals surface area contributed by atoms with E-state index in [1.807, 2.05) is 18.2 Å². The maximum Gasteiger partial charge on any atom is 0.100 e. The van der Waals surface area contributed by atoms with Crippen LogP contribution in [0.15, 0.2) is 22.7 Å². The second-order valence-electron chi connectivity index (χ2n) is 5.41. The van der Waals surface area contributed by atoms with Crippen LogP contribution in [0.2, 0.25) is 0 Å². The van der Waals surface area contributed by atoms with E-state index in [1.54, 1.807) is 0 Å². The van der Waals surface area contributed by atoms with Gasteiger partial charge in [0, 0.05) is 49.4 Å². The lowest BCUT2D eigenvalue weighted by atomic mass is 10.2. The largest absolute Gasteiger partial charge is 0.369 e. The molecule has 0 amide bonds. The number of benzene rings is 1. The van der Waals surface area contributed by atoms with Gasteiger partial charge in [0.05, 0.1) is 5.56 Å². The van der Waals surface area contributed by atoms with Crippen molar-refractivity contribution in [2.75, 3.05) is 58.3 Å². The molecule has 0 aromatic heterocycles. The van der Waals surface area contributed by atoms with Crippen molar-refractivity contribution >= 4 is 21.6 Å². The van der Waals surface area contributed by atoms with Crippen LogP contribution >= 0.6 is 15.9 Å². The van der Waals surface area contributed by atoms with Gasteiger partial charge in [0.15, 0.2) is 0 Å². The maximum absolute atomic E-state index is 8.95. The molecule has 0 atom stereocenters. The van der Waals surface area contributed by atoms with Gasteiger partial charge in [0.2, 0.25) is 0 Å². The smallest absolute Gasteiger partial charge is 0.100 e. The highest BCUT2D eigenvalue weighted by Gasteiger charge is 2.17. The molecular formula is C15H21BrN4. The van der Waals surface area contributed by atoms with Crippen LogP contribution in [0.4, 0.5) is 5.69 Å². The summed E-state index contributed by atoms with van der Waals surface area (Å²) in [6, 6.07) is 8.16. The van der Waals surface area contributed by atoms with Crippen LogP contribution in [-0.4, -0.2) is 63.2 Å². The molecule has 0 N–H and O–H groups in total. The van der Waals surface area contributed by atoms with Crippen LogP contribution in [0.25, 0.3) is 0 Å². The second-order valence-corrected chi connectivity index (χ2v) is 6.26. The van der Waals surface area contributed by atoms with E-state index in [2.05, 4.69) is 50.8 Å². The highest BCUT2D eigenvalue weighted by Crippen LogP contribution is 2.24. The molecule has 1 fully saturated rings. The zero-order valence-corrected chi connectivity index (χ0v) is 13.7. The minimum absolute atomic E-state index is 0.693. The van der Waals surface area contributed by atoms with Gasteiger partial charge in [0.25, 0.3) is 0 Å². The first-order valence-corrected chi connectivity index (χ1v) is 7.71. The van der Waals surface area contributed by atoms with E-state index in [4.69, 9.17) is 5.26 Å². The summed E-state index contributed by atoms with van der Waals surface area (Å²) >= 11 is 3.46. The molecule has 20 heavy (non-hydrogen) atoms. The van der Waals surface area contributed by atoms with E-state index >= 15 is 0 Å². The standard InChI is InChI=1S/C15H21BrN4/c1-18(2)5-6-19-7-9-20(10-8-19)14-4-3-13(12-17)15(16)11-14/h3-4,11H,5-10H2,1-2H3. The molecule has 5 heteroatoms. The lowest BCUT2D eigenvalue weighted by molar-refractivity contribution is 0.229. The van der Waals surface area contributed by atoms with Gasteiger partial charge in [-0.3, -0.25) is 4.90 Å². The van der Waals surface area contributed by atoms with Gasteiger partial charge in [-0.2, -0.15) is 5.26 Å². The molecule has 0 spiro atoms. The predicted molar refractivity (Wildman–Crippen MR) is 86.1 cm³/mol. The quantitative estimate of drug-likeness (QED) is 0.842. The van der Waals surface area contributed by atoms with Crippen molar-refractivity contribution in [3.05, 3.63) is 28.2 Å². The fourth-order valence-electron chi connectivity index (χ4n) is 2.36. The molecular weight excluding hydrogens is 316 g/mol. The number of likely N-dealkylation sites (N-methyl/N-ethyl adjacent to an activating group) is 1. The van der Waals surface area contributed by atoms with Crippen molar-refractivity contribution in [3.8, 4) is 6.07 Å². The summed E-state index contributed by atoms with van der Waals surface area (Å²) < 4.78 is 0.882. The molecule has 1 aromatic carbocycles. The molecule has 0 bridgehead atoms. The van der Waals surface area contributed by atoms with Gasteiger partial charge < -0.3 is 9.80 Å². The van der Waals surface area contributed by atoms with Crippen molar-refractivity contribution in [2.24, 2.45) is 0 Å². The van der Waals surface area contributed by atoms with E-state index in [0.717, 1.165) is 43.7 Å². The Labute approximate surface area is 129 Å². The summed E-state index contributed by atoms with van der Waals surface area (Å²) in [5.41, 5.74) is 1.89. The van der Waals surface area contributed by atoms with E-state index in [0.29, 0.717) is 5.56 Å². The Kier molecular flexibility index (Phi) is 5.41. The van der Waals surface area contributed by atoms with Crippen LogP contribution < -0.4 is 4.90 Å². The van der Waals surface area contributed by atoms with Gasteiger partial charge >= 0.3 is 0 Å². The van der Waals surface area contributed by atoms with Crippen molar-refractivity contribution in [1.29, 1.82) is 5.26 Å². The molecule has 4 nitrogen and oxygen atoms in total. The van der Waals surface area contributed by atoms with E-state index in [9.17, 15) is 0 Å². The van der Waals surface area contributed by atoms with Crippen LogP contribution in [-0.2, 0) is 0 Å². The van der Waals surface area contributed by atoms with E-state index < -0.39 is 0 Å². The Balaban J connectivity index is 1.91. The lowest BCUT2D eigenvalue weighted by Crippen LogP contribution is -2.48. The van der Waals surface area contributed by atoms with Crippen molar-refractivity contribution in [3.63, 3.8) is 0 Å². The fraction of sp³-hybridized carbons (Fsp3) is 0.533. The molecule has 108 valence electrons. The Morgan fingerprint density at radius 3 is 2.50 bits per heavy atom. The summed E-state index contributed by atoms with van der Waals surface area (Å²) in [6.07, 6.45) is 0. The normalized spacial score (nSPS) is 16.4. The molecule has 1 aliphatic rings. The molecule has 1 aliphatic heterocycles. The summed E-state index contributed by atoms with van der Waals surface area (Å²) in [6.45, 7) is 6.55. The third-order valence-corrected chi connectivity index (χ3v) is 4.33. The number of anilines is 1. The number of hydrogen-bond acceptors (Lipinski definition) is 4. The first-order chi connectivity index (χ1) is 9.60. The minimum Gasteiger partial charge on any atom is -0.369 e. The number of nitrogens with zero attached hydrogens (tertiary/aromatic N) is 4. The summed E-state index contributed by atoms with van der Waals surface area (Å²) in [7, 11) is 4.23. The molecule has 0 radical (unpaired) electrons. The van der Waals surface area contributed by atoms with Crippen LogP contribution in [0, 0.1) is 11.3 Å². The highest BCUT2D eigenvalue weighted by molar-refractivity contribution is 9.10. The first-order valence-electron chi connectivity index (χ1n) is 6.92. The molecule has 2 rings (SSSR count). The molecule has 1 aromatic rings. The molecule has 0 unspecified atom stereocenters. The maximum atomic E-state index is 8.95. The number of piperazine rings is 1. The zero-order chi connectivity index (χ0) is 14.5. The van der Waals surface area contributed by atoms with E-state index in [1.165, 1.54) is 5.69 Å².